The number of carbonyl (C=O) groups excluding carboxylic acids is 2. The van der Waals surface area contributed by atoms with Crippen LogP contribution < -0.4 is 0 Å². The predicted octanol–water partition coefficient (Wildman–Crippen LogP) is 6.62. The predicted molar refractivity (Wildman–Crippen MR) is 155 cm³/mol. The second-order valence-electron chi connectivity index (χ2n) is 10.0. The van der Waals surface area contributed by atoms with Gasteiger partial charge < -0.3 is 0 Å². The third-order valence-corrected chi connectivity index (χ3v) is 7.54. The van der Waals surface area contributed by atoms with Gasteiger partial charge in [0.2, 0.25) is 0 Å². The molecule has 4 heteroatoms. The van der Waals surface area contributed by atoms with Crippen LogP contribution in [0, 0.1) is 5.41 Å². The number of amides is 2. The van der Waals surface area contributed by atoms with Gasteiger partial charge in [-0.3, -0.25) is 9.59 Å². The van der Waals surface area contributed by atoms with Crippen LogP contribution >= 0.6 is 0 Å². The molecule has 0 spiro atoms. The lowest BCUT2D eigenvalue weighted by Gasteiger charge is -2.31. The fraction of sp³-hybridized carbons (Fsp3) is 0.143. The summed E-state index contributed by atoms with van der Waals surface area (Å²) < 4.78 is 0. The molecule has 0 N–H and O–H groups in total. The van der Waals surface area contributed by atoms with Gasteiger partial charge in [0.15, 0.2) is 5.41 Å². The highest BCUT2D eigenvalue weighted by molar-refractivity contribution is 6.16. The van der Waals surface area contributed by atoms with Crippen LogP contribution in [0.3, 0.4) is 0 Å². The molecule has 39 heavy (non-hydrogen) atoms. The average Bonchev–Trinajstić information content (AvgIpc) is 3.22. The lowest BCUT2D eigenvalue weighted by Crippen LogP contribution is -2.45. The summed E-state index contributed by atoms with van der Waals surface area (Å²) in [5.74, 6) is -0.387. The fourth-order valence-electron chi connectivity index (χ4n) is 5.59. The zero-order valence-corrected chi connectivity index (χ0v) is 21.7. The molecule has 0 atom stereocenters. The number of carbonyl (C=O) groups is 2. The quantitative estimate of drug-likeness (QED) is 0.274. The van der Waals surface area contributed by atoms with E-state index in [1.54, 1.807) is 10.0 Å². The maximum absolute atomic E-state index is 14.4. The van der Waals surface area contributed by atoms with E-state index in [1.807, 2.05) is 133 Å². The van der Waals surface area contributed by atoms with Crippen LogP contribution in [0.1, 0.15) is 35.1 Å². The molecule has 6 rings (SSSR count). The highest BCUT2D eigenvalue weighted by Crippen LogP contribution is 2.43. The van der Waals surface area contributed by atoms with Crippen molar-refractivity contribution in [3.63, 3.8) is 0 Å². The van der Waals surface area contributed by atoms with Crippen LogP contribution in [0.15, 0.2) is 133 Å². The zero-order valence-electron chi connectivity index (χ0n) is 21.7. The van der Waals surface area contributed by atoms with Crippen molar-refractivity contribution in [1.82, 2.24) is 10.0 Å². The Bertz CT molecular complexity index is 1330. The summed E-state index contributed by atoms with van der Waals surface area (Å²) in [5, 5.41) is 3.33. The Morgan fingerprint density at radius 2 is 0.769 bits per heavy atom. The van der Waals surface area contributed by atoms with Crippen LogP contribution in [0.25, 0.3) is 11.1 Å². The Hall–Kier alpha value is -4.70. The number of nitrogens with zero attached hydrogens (tertiary/aromatic N) is 2. The highest BCUT2D eigenvalue weighted by atomic mass is 16.2. The van der Waals surface area contributed by atoms with E-state index in [-0.39, 0.29) is 11.8 Å². The first-order chi connectivity index (χ1) is 19.2. The Kier molecular flexibility index (Phi) is 6.68. The van der Waals surface area contributed by atoms with Gasteiger partial charge in [-0.25, -0.2) is 10.0 Å². The Morgan fingerprint density at radius 1 is 0.487 bits per heavy atom. The molecule has 2 fully saturated rings. The van der Waals surface area contributed by atoms with E-state index in [1.165, 1.54) is 0 Å². The molecule has 0 aromatic heterocycles. The number of fused-ring (bicyclic) bond motifs is 1. The van der Waals surface area contributed by atoms with E-state index in [0.717, 1.165) is 46.2 Å². The van der Waals surface area contributed by atoms with E-state index < -0.39 is 5.41 Å². The Morgan fingerprint density at radius 3 is 1.05 bits per heavy atom. The lowest BCUT2D eigenvalue weighted by atomic mass is 9.78. The minimum atomic E-state index is -1.49. The van der Waals surface area contributed by atoms with Crippen LogP contribution in [0.5, 0.6) is 0 Å². The smallest absolute Gasteiger partial charge is 0.264 e. The van der Waals surface area contributed by atoms with Crippen LogP contribution in [-0.4, -0.2) is 34.9 Å². The van der Waals surface area contributed by atoms with Crippen molar-refractivity contribution in [2.24, 2.45) is 5.41 Å². The van der Waals surface area contributed by atoms with Gasteiger partial charge in [-0.05, 0) is 58.4 Å². The third kappa shape index (κ3) is 4.59. The molecule has 4 nitrogen and oxygen atoms in total. The third-order valence-electron chi connectivity index (χ3n) is 7.54. The van der Waals surface area contributed by atoms with Gasteiger partial charge in [-0.15, -0.1) is 0 Å². The first kappa shape index (κ1) is 24.6. The number of hydrogen-bond donors (Lipinski definition) is 0. The molecule has 2 aliphatic rings. The zero-order chi connectivity index (χ0) is 26.7. The highest BCUT2D eigenvalue weighted by Gasteiger charge is 2.56. The minimum absolute atomic E-state index is 0.194. The molecular formula is C35H30N2O2. The van der Waals surface area contributed by atoms with Crippen molar-refractivity contribution < 1.29 is 9.59 Å². The first-order valence-corrected chi connectivity index (χ1v) is 13.5. The number of benzene rings is 4. The Labute approximate surface area is 229 Å². The van der Waals surface area contributed by atoms with E-state index in [0.29, 0.717) is 13.1 Å². The summed E-state index contributed by atoms with van der Waals surface area (Å²) in [7, 11) is 0. The van der Waals surface area contributed by atoms with Crippen molar-refractivity contribution in [3.8, 4) is 0 Å². The van der Waals surface area contributed by atoms with Gasteiger partial charge in [-0.1, -0.05) is 121 Å². The van der Waals surface area contributed by atoms with Crippen molar-refractivity contribution in [2.75, 3.05) is 13.1 Å². The second-order valence-corrected chi connectivity index (χ2v) is 10.0. The second kappa shape index (κ2) is 10.6. The van der Waals surface area contributed by atoms with Gasteiger partial charge in [-0.2, -0.15) is 0 Å². The van der Waals surface area contributed by atoms with Crippen molar-refractivity contribution in [2.45, 2.75) is 12.8 Å². The summed E-state index contributed by atoms with van der Waals surface area (Å²) in [4.78, 5) is 28.9. The van der Waals surface area contributed by atoms with Gasteiger partial charge >= 0.3 is 0 Å². The average molecular weight is 511 g/mol. The van der Waals surface area contributed by atoms with Crippen molar-refractivity contribution in [1.29, 1.82) is 0 Å². The van der Waals surface area contributed by atoms with E-state index in [9.17, 15) is 9.59 Å². The van der Waals surface area contributed by atoms with Crippen molar-refractivity contribution in [3.05, 3.63) is 156 Å². The molecule has 0 bridgehead atoms. The van der Waals surface area contributed by atoms with Gasteiger partial charge in [0, 0.05) is 13.1 Å². The molecule has 4 aromatic rings. The number of hydrazine groups is 1. The molecule has 2 saturated heterocycles. The topological polar surface area (TPSA) is 40.6 Å². The van der Waals surface area contributed by atoms with Crippen LogP contribution in [-0.2, 0) is 9.59 Å². The molecule has 2 amide bonds. The Balaban J connectivity index is 1.65. The molecule has 0 saturated carbocycles. The monoisotopic (exact) mass is 510 g/mol. The molecule has 4 aromatic carbocycles. The molecular weight excluding hydrogens is 480 g/mol. The minimum Gasteiger partial charge on any atom is -0.271 e. The summed E-state index contributed by atoms with van der Waals surface area (Å²) in [5.41, 5.74) is 4.05. The van der Waals surface area contributed by atoms with E-state index >= 15 is 0 Å². The van der Waals surface area contributed by atoms with Gasteiger partial charge in [0.25, 0.3) is 11.8 Å². The summed E-state index contributed by atoms with van der Waals surface area (Å²) in [6, 6.07) is 40.0. The summed E-state index contributed by atoms with van der Waals surface area (Å²) in [6.45, 7) is 1.10. The lowest BCUT2D eigenvalue weighted by molar-refractivity contribution is -0.150. The molecule has 0 aliphatic carbocycles. The van der Waals surface area contributed by atoms with E-state index in [2.05, 4.69) is 0 Å². The van der Waals surface area contributed by atoms with Crippen LogP contribution in [0.4, 0.5) is 0 Å². The molecule has 0 unspecified atom stereocenters. The maximum atomic E-state index is 14.4. The summed E-state index contributed by atoms with van der Waals surface area (Å²) in [6.07, 6.45) is 5.58. The number of rotatable bonds is 6. The SMILES string of the molecule is O=C1N2CCCCN2C(=O)C1(C=C(c1ccccc1)c1ccccc1)C=C(c1ccccc1)c1ccccc1. The van der Waals surface area contributed by atoms with Gasteiger partial charge in [0.1, 0.15) is 0 Å². The maximum Gasteiger partial charge on any atom is 0.264 e. The standard InChI is InChI=1S/C35H30N2O2/c38-33-35(34(39)37-24-14-13-23-36(33)37,25-31(27-15-5-1-6-16-27)28-17-7-2-8-18-28)26-32(29-19-9-3-10-20-29)30-21-11-4-12-22-30/h1-12,15-22,25-26H,13-14,23-24H2. The first-order valence-electron chi connectivity index (χ1n) is 13.5. The fourth-order valence-corrected chi connectivity index (χ4v) is 5.59. The summed E-state index contributed by atoms with van der Waals surface area (Å²) >= 11 is 0. The molecule has 2 heterocycles. The largest absolute Gasteiger partial charge is 0.271 e. The van der Waals surface area contributed by atoms with Gasteiger partial charge in [0.05, 0.1) is 0 Å². The van der Waals surface area contributed by atoms with Crippen molar-refractivity contribution >= 4 is 23.0 Å². The molecule has 192 valence electrons. The molecule has 2 aliphatic heterocycles. The van der Waals surface area contributed by atoms with E-state index in [4.69, 9.17) is 0 Å². The van der Waals surface area contributed by atoms with Crippen LogP contribution in [0.2, 0.25) is 0 Å². The number of hydrogen-bond acceptors (Lipinski definition) is 2. The normalized spacial score (nSPS) is 16.0. The molecule has 0 radical (unpaired) electrons.